The average molecular weight is 362 g/mol. The Morgan fingerprint density at radius 2 is 1.92 bits per heavy atom. The van der Waals surface area contributed by atoms with E-state index in [4.69, 9.17) is 18.8 Å². The molecule has 2 aliphatic carbocycles. The van der Waals surface area contributed by atoms with E-state index in [0.29, 0.717) is 13.0 Å². The number of carbonyl (C=O) groups is 1. The van der Waals surface area contributed by atoms with Crippen LogP contribution in [0.15, 0.2) is 23.0 Å². The van der Waals surface area contributed by atoms with Crippen LogP contribution in [0.3, 0.4) is 0 Å². The highest BCUT2D eigenvalue weighted by atomic mass is 16.7. The molecule has 1 saturated heterocycles. The lowest BCUT2D eigenvalue weighted by atomic mass is 9.64. The van der Waals surface area contributed by atoms with Gasteiger partial charge in [-0.2, -0.15) is 0 Å². The molecule has 26 heavy (non-hydrogen) atoms. The lowest BCUT2D eigenvalue weighted by molar-refractivity contribution is -0.143. The van der Waals surface area contributed by atoms with Crippen LogP contribution < -0.4 is 0 Å². The smallest absolute Gasteiger partial charge is 0.469 e. The van der Waals surface area contributed by atoms with Crippen molar-refractivity contribution in [2.24, 2.45) is 5.92 Å². The molecule has 1 fully saturated rings. The van der Waals surface area contributed by atoms with Crippen molar-refractivity contribution in [1.82, 2.24) is 0 Å². The van der Waals surface area contributed by atoms with Gasteiger partial charge in [-0.1, -0.05) is 5.57 Å². The van der Waals surface area contributed by atoms with Gasteiger partial charge in [0.05, 0.1) is 42.9 Å². The number of esters is 1. The fourth-order valence-electron chi connectivity index (χ4n) is 4.15. The lowest BCUT2D eigenvalue weighted by Crippen LogP contribution is -2.41. The largest absolute Gasteiger partial charge is 0.501 e. The summed E-state index contributed by atoms with van der Waals surface area (Å²) in [7, 11) is 1.37. The van der Waals surface area contributed by atoms with Crippen LogP contribution in [0, 0.1) is 5.92 Å². The molecule has 0 aromatic heterocycles. The summed E-state index contributed by atoms with van der Waals surface area (Å²) in [6, 6.07) is 0. The van der Waals surface area contributed by atoms with Crippen molar-refractivity contribution >= 4 is 13.1 Å². The highest BCUT2D eigenvalue weighted by Gasteiger charge is 2.55. The predicted molar refractivity (Wildman–Crippen MR) is 101 cm³/mol. The van der Waals surface area contributed by atoms with Crippen molar-refractivity contribution in [1.29, 1.82) is 0 Å². The van der Waals surface area contributed by atoms with Crippen molar-refractivity contribution in [3.05, 3.63) is 23.0 Å². The van der Waals surface area contributed by atoms with Crippen molar-refractivity contribution < 1.29 is 23.6 Å². The summed E-state index contributed by atoms with van der Waals surface area (Å²) in [5, 5.41) is 0. The lowest BCUT2D eigenvalue weighted by Gasteiger charge is -2.32. The summed E-state index contributed by atoms with van der Waals surface area (Å²) in [6.07, 6.45) is 5.39. The molecule has 0 saturated carbocycles. The zero-order valence-electron chi connectivity index (χ0n) is 16.9. The van der Waals surface area contributed by atoms with E-state index in [1.807, 2.05) is 6.92 Å². The SMILES string of the molecule is CCOC(=O)CC1CCC2=C1CC(B1OC(C)(C)C(C)(C)O1)C(OC)=C2. The van der Waals surface area contributed by atoms with Crippen LogP contribution in [0.4, 0.5) is 0 Å². The Kier molecular flexibility index (Phi) is 5.28. The summed E-state index contributed by atoms with van der Waals surface area (Å²) >= 11 is 0. The molecule has 1 heterocycles. The Morgan fingerprint density at radius 1 is 1.27 bits per heavy atom. The molecule has 2 unspecified atom stereocenters. The molecule has 0 aromatic rings. The van der Waals surface area contributed by atoms with E-state index in [9.17, 15) is 4.79 Å². The van der Waals surface area contributed by atoms with Crippen LogP contribution in [-0.4, -0.2) is 38.0 Å². The van der Waals surface area contributed by atoms with Crippen molar-refractivity contribution in [3.63, 3.8) is 0 Å². The normalized spacial score (nSPS) is 29.5. The maximum absolute atomic E-state index is 12.0. The Bertz CT molecular complexity index is 618. The molecule has 1 aliphatic heterocycles. The second kappa shape index (κ2) is 7.04. The first-order valence-corrected chi connectivity index (χ1v) is 9.67. The van der Waals surface area contributed by atoms with E-state index in [1.54, 1.807) is 7.11 Å². The third-order valence-corrected chi connectivity index (χ3v) is 6.34. The van der Waals surface area contributed by atoms with Crippen LogP contribution in [0.2, 0.25) is 5.82 Å². The zero-order chi connectivity index (χ0) is 19.1. The molecule has 0 bridgehead atoms. The molecule has 0 radical (unpaired) electrons. The van der Waals surface area contributed by atoms with Gasteiger partial charge in [0, 0.05) is 0 Å². The molecule has 2 atom stereocenters. The third-order valence-electron chi connectivity index (χ3n) is 6.34. The van der Waals surface area contributed by atoms with E-state index < -0.39 is 0 Å². The third kappa shape index (κ3) is 3.46. The number of hydrogen-bond acceptors (Lipinski definition) is 5. The molecule has 0 aromatic carbocycles. The summed E-state index contributed by atoms with van der Waals surface area (Å²) in [5.74, 6) is 1.07. The maximum atomic E-state index is 12.0. The Balaban J connectivity index is 1.79. The number of hydrogen-bond donors (Lipinski definition) is 0. The minimum absolute atomic E-state index is 0.0163. The Hall–Kier alpha value is -1.27. The van der Waals surface area contributed by atoms with Crippen LogP contribution in [-0.2, 0) is 23.6 Å². The van der Waals surface area contributed by atoms with Gasteiger partial charge in [0.25, 0.3) is 0 Å². The van der Waals surface area contributed by atoms with Gasteiger partial charge in [-0.15, -0.1) is 0 Å². The van der Waals surface area contributed by atoms with E-state index in [-0.39, 0.29) is 36.0 Å². The molecule has 0 spiro atoms. The van der Waals surface area contributed by atoms with Gasteiger partial charge in [-0.25, -0.2) is 0 Å². The topological polar surface area (TPSA) is 54.0 Å². The van der Waals surface area contributed by atoms with Gasteiger partial charge in [0.15, 0.2) is 0 Å². The number of ether oxygens (including phenoxy) is 2. The molecular weight excluding hydrogens is 331 g/mol. The fourth-order valence-corrected chi connectivity index (χ4v) is 4.15. The summed E-state index contributed by atoms with van der Waals surface area (Å²) in [6.45, 7) is 10.5. The van der Waals surface area contributed by atoms with E-state index in [2.05, 4.69) is 33.8 Å². The van der Waals surface area contributed by atoms with Crippen molar-refractivity contribution in [3.8, 4) is 0 Å². The molecule has 3 aliphatic rings. The van der Waals surface area contributed by atoms with Crippen LogP contribution in [0.25, 0.3) is 0 Å². The minimum Gasteiger partial charge on any atom is -0.501 e. The van der Waals surface area contributed by atoms with Gasteiger partial charge in [-0.05, 0) is 71.4 Å². The van der Waals surface area contributed by atoms with Gasteiger partial charge >= 0.3 is 13.1 Å². The van der Waals surface area contributed by atoms with Crippen LogP contribution in [0.5, 0.6) is 0 Å². The molecule has 5 nitrogen and oxygen atoms in total. The minimum atomic E-state index is -0.370. The first kappa shape index (κ1) is 19.5. The predicted octanol–water partition coefficient (Wildman–Crippen LogP) is 4.04. The molecular formula is C20H31BO5. The monoisotopic (exact) mass is 362 g/mol. The highest BCUT2D eigenvalue weighted by molar-refractivity contribution is 6.48. The molecule has 6 heteroatoms. The maximum Gasteiger partial charge on any atom is 0.469 e. The molecule has 3 rings (SSSR count). The Labute approximate surface area is 157 Å². The first-order valence-electron chi connectivity index (χ1n) is 9.67. The second-order valence-corrected chi connectivity index (χ2v) is 8.48. The standard InChI is InChI=1S/C20H31BO5/c1-7-24-18(22)11-14-9-8-13-10-17(23-6)16(12-15(13)14)21-25-19(2,3)20(4,5)26-21/h10,14,16H,7-9,11-12H2,1-6H3. The summed E-state index contributed by atoms with van der Waals surface area (Å²) in [5.41, 5.74) is 1.92. The Morgan fingerprint density at radius 3 is 2.50 bits per heavy atom. The van der Waals surface area contributed by atoms with Gasteiger partial charge in [0.1, 0.15) is 0 Å². The van der Waals surface area contributed by atoms with Crippen molar-refractivity contribution in [2.45, 2.75) is 77.3 Å². The van der Waals surface area contributed by atoms with Crippen molar-refractivity contribution in [2.75, 3.05) is 13.7 Å². The van der Waals surface area contributed by atoms with Crippen LogP contribution >= 0.6 is 0 Å². The second-order valence-electron chi connectivity index (χ2n) is 8.48. The summed E-state index contributed by atoms with van der Waals surface area (Å²) < 4.78 is 23.4. The van der Waals surface area contributed by atoms with Gasteiger partial charge < -0.3 is 18.8 Å². The highest BCUT2D eigenvalue weighted by Crippen LogP contribution is 2.50. The van der Waals surface area contributed by atoms with E-state index in [1.165, 1.54) is 11.1 Å². The zero-order valence-corrected chi connectivity index (χ0v) is 16.9. The molecule has 0 N–H and O–H groups in total. The number of carbonyl (C=O) groups excluding carboxylic acids is 1. The number of methoxy groups -OCH3 is 1. The van der Waals surface area contributed by atoms with Gasteiger partial charge in [0.2, 0.25) is 0 Å². The number of allylic oxidation sites excluding steroid dienone is 4. The average Bonchev–Trinajstić information content (AvgIpc) is 3.03. The van der Waals surface area contributed by atoms with E-state index >= 15 is 0 Å². The number of rotatable bonds is 5. The van der Waals surface area contributed by atoms with Gasteiger partial charge in [-0.3, -0.25) is 4.79 Å². The molecule has 0 amide bonds. The fraction of sp³-hybridized carbons (Fsp3) is 0.750. The van der Waals surface area contributed by atoms with E-state index in [0.717, 1.165) is 25.0 Å². The summed E-state index contributed by atoms with van der Waals surface area (Å²) in [4.78, 5) is 12.0. The van der Waals surface area contributed by atoms with Crippen LogP contribution in [0.1, 0.15) is 60.3 Å². The first-order chi connectivity index (χ1) is 12.2. The molecule has 144 valence electrons. The quantitative estimate of drug-likeness (QED) is 0.546.